The summed E-state index contributed by atoms with van der Waals surface area (Å²) in [6.45, 7) is 3.85. The maximum absolute atomic E-state index is 14.0. The molecule has 2 N–H and O–H groups in total. The number of hydrogen-bond acceptors (Lipinski definition) is 6. The molecule has 1 aromatic heterocycles. The highest BCUT2D eigenvalue weighted by atomic mass is 19.1. The molecular weight excluding hydrogens is 390 g/mol. The molecule has 30 heavy (non-hydrogen) atoms. The van der Waals surface area contributed by atoms with Crippen molar-refractivity contribution in [2.45, 2.75) is 39.0 Å². The van der Waals surface area contributed by atoms with Crippen molar-refractivity contribution in [2.24, 2.45) is 11.7 Å². The molecule has 2 heterocycles. The van der Waals surface area contributed by atoms with Crippen molar-refractivity contribution >= 4 is 11.7 Å². The molecule has 162 valence electrons. The molecule has 0 spiro atoms. The van der Waals surface area contributed by atoms with Gasteiger partial charge in [-0.1, -0.05) is 6.92 Å². The van der Waals surface area contributed by atoms with E-state index in [-0.39, 0.29) is 5.75 Å². The van der Waals surface area contributed by atoms with Crippen LogP contribution < -0.4 is 15.4 Å². The Labute approximate surface area is 175 Å². The maximum atomic E-state index is 14.0. The predicted molar refractivity (Wildman–Crippen MR) is 111 cm³/mol. The molecular formula is C22H28F2N4O2. The van der Waals surface area contributed by atoms with Gasteiger partial charge in [-0.3, -0.25) is 4.79 Å². The Morgan fingerprint density at radius 2 is 1.83 bits per heavy atom. The highest BCUT2D eigenvalue weighted by Crippen LogP contribution is 2.25. The first-order valence-electron chi connectivity index (χ1n) is 10.4. The van der Waals surface area contributed by atoms with E-state index in [4.69, 9.17) is 10.5 Å². The number of rotatable bonds is 9. The van der Waals surface area contributed by atoms with Crippen molar-refractivity contribution in [1.82, 2.24) is 9.97 Å². The summed E-state index contributed by atoms with van der Waals surface area (Å²) in [4.78, 5) is 22.6. The first kappa shape index (κ1) is 22.1. The Balaban J connectivity index is 1.41. The summed E-state index contributed by atoms with van der Waals surface area (Å²) in [5.74, 6) is -1.20. The molecule has 2 aromatic rings. The summed E-state index contributed by atoms with van der Waals surface area (Å²) >= 11 is 0. The second-order valence-corrected chi connectivity index (χ2v) is 7.56. The first-order chi connectivity index (χ1) is 14.5. The number of piperidine rings is 1. The van der Waals surface area contributed by atoms with Crippen molar-refractivity contribution in [2.75, 3.05) is 31.1 Å². The van der Waals surface area contributed by atoms with Crippen LogP contribution in [0.4, 0.5) is 14.7 Å². The first-order valence-corrected chi connectivity index (χ1v) is 10.4. The lowest BCUT2D eigenvalue weighted by molar-refractivity contribution is 0.0993. The van der Waals surface area contributed by atoms with Crippen molar-refractivity contribution in [3.8, 4) is 5.75 Å². The molecule has 1 saturated heterocycles. The van der Waals surface area contributed by atoms with Gasteiger partial charge in [-0.15, -0.1) is 0 Å². The average molecular weight is 418 g/mol. The minimum Gasteiger partial charge on any atom is -0.493 e. The summed E-state index contributed by atoms with van der Waals surface area (Å²) in [5.41, 5.74) is 5.71. The Hall–Kier alpha value is -2.61. The summed E-state index contributed by atoms with van der Waals surface area (Å²) in [6, 6.07) is 2.07. The van der Waals surface area contributed by atoms with Crippen LogP contribution in [0, 0.1) is 17.6 Å². The summed E-state index contributed by atoms with van der Waals surface area (Å²) < 4.78 is 33.4. The number of nitrogens with two attached hydrogens (primary N) is 1. The van der Waals surface area contributed by atoms with Crippen LogP contribution >= 0.6 is 0 Å². The topological polar surface area (TPSA) is 81.3 Å². The SMILES string of the molecule is CCc1cnc(N2CCC(CCCOc3cc(F)c(C(=O)CN)c(F)c3)CC2)nc1. The van der Waals surface area contributed by atoms with Gasteiger partial charge in [0.2, 0.25) is 5.95 Å². The molecule has 0 aliphatic carbocycles. The molecule has 0 bridgehead atoms. The normalized spacial score (nSPS) is 14.7. The Bertz CT molecular complexity index is 830. The van der Waals surface area contributed by atoms with Gasteiger partial charge in [-0.2, -0.15) is 0 Å². The molecule has 0 unspecified atom stereocenters. The number of ether oxygens (including phenoxy) is 1. The average Bonchev–Trinajstić information content (AvgIpc) is 2.76. The number of carbonyl (C=O) groups excluding carboxylic acids is 1. The third kappa shape index (κ3) is 5.50. The van der Waals surface area contributed by atoms with Crippen LogP contribution in [0.1, 0.15) is 48.5 Å². The lowest BCUT2D eigenvalue weighted by atomic mass is 9.92. The van der Waals surface area contributed by atoms with Crippen molar-refractivity contribution in [3.05, 3.63) is 47.3 Å². The smallest absolute Gasteiger partial charge is 0.225 e. The number of halogens is 2. The van der Waals surface area contributed by atoms with E-state index in [1.165, 1.54) is 0 Å². The minimum absolute atomic E-state index is 0.0843. The number of nitrogens with zero attached hydrogens (tertiary/aromatic N) is 3. The fourth-order valence-electron chi connectivity index (χ4n) is 3.68. The van der Waals surface area contributed by atoms with Crippen molar-refractivity contribution in [3.63, 3.8) is 0 Å². The van der Waals surface area contributed by atoms with E-state index in [2.05, 4.69) is 21.8 Å². The van der Waals surface area contributed by atoms with E-state index in [0.717, 1.165) is 68.8 Å². The number of aryl methyl sites for hydroxylation is 1. The number of anilines is 1. The Morgan fingerprint density at radius 1 is 1.20 bits per heavy atom. The molecule has 0 saturated carbocycles. The highest BCUT2D eigenvalue weighted by Gasteiger charge is 2.21. The zero-order valence-corrected chi connectivity index (χ0v) is 17.2. The van der Waals surface area contributed by atoms with Crippen molar-refractivity contribution < 1.29 is 18.3 Å². The summed E-state index contributed by atoms with van der Waals surface area (Å²) in [7, 11) is 0. The molecule has 0 radical (unpaired) electrons. The van der Waals surface area contributed by atoms with Crippen LogP contribution in [0.5, 0.6) is 5.75 Å². The molecule has 0 atom stereocenters. The van der Waals surface area contributed by atoms with Crippen LogP contribution in [0.25, 0.3) is 0 Å². The van der Waals surface area contributed by atoms with E-state index in [9.17, 15) is 13.6 Å². The maximum Gasteiger partial charge on any atom is 0.225 e. The lowest BCUT2D eigenvalue weighted by Gasteiger charge is -2.32. The van der Waals surface area contributed by atoms with Gasteiger partial charge in [-0.25, -0.2) is 18.7 Å². The number of carbonyl (C=O) groups is 1. The molecule has 1 fully saturated rings. The van der Waals surface area contributed by atoms with E-state index < -0.39 is 29.5 Å². The Morgan fingerprint density at radius 3 is 2.40 bits per heavy atom. The van der Waals surface area contributed by atoms with Gasteiger partial charge >= 0.3 is 0 Å². The lowest BCUT2D eigenvalue weighted by Crippen LogP contribution is -2.35. The quantitative estimate of drug-likeness (QED) is 0.496. The molecule has 1 aliphatic heterocycles. The van der Waals surface area contributed by atoms with Crippen LogP contribution in [0.15, 0.2) is 24.5 Å². The highest BCUT2D eigenvalue weighted by molar-refractivity contribution is 5.98. The van der Waals surface area contributed by atoms with Crippen LogP contribution in [-0.4, -0.2) is 42.0 Å². The van der Waals surface area contributed by atoms with Gasteiger partial charge in [0, 0.05) is 37.6 Å². The fourth-order valence-corrected chi connectivity index (χ4v) is 3.68. The van der Waals surface area contributed by atoms with Crippen LogP contribution in [-0.2, 0) is 6.42 Å². The van der Waals surface area contributed by atoms with Crippen LogP contribution in [0.3, 0.4) is 0 Å². The minimum atomic E-state index is -0.943. The number of aromatic nitrogens is 2. The van der Waals surface area contributed by atoms with Gasteiger partial charge in [0.1, 0.15) is 17.4 Å². The van der Waals surface area contributed by atoms with Crippen molar-refractivity contribution in [1.29, 1.82) is 0 Å². The van der Waals surface area contributed by atoms with Gasteiger partial charge in [0.15, 0.2) is 5.78 Å². The predicted octanol–water partition coefficient (Wildman–Crippen LogP) is 3.53. The van der Waals surface area contributed by atoms with Gasteiger partial charge in [0.25, 0.3) is 0 Å². The third-order valence-electron chi connectivity index (χ3n) is 5.50. The molecule has 6 nitrogen and oxygen atoms in total. The number of ketones is 1. The largest absolute Gasteiger partial charge is 0.493 e. The summed E-state index contributed by atoms with van der Waals surface area (Å²) in [6.07, 6.45) is 8.58. The monoisotopic (exact) mass is 418 g/mol. The summed E-state index contributed by atoms with van der Waals surface area (Å²) in [5, 5.41) is 0. The van der Waals surface area contributed by atoms with E-state index in [0.29, 0.717) is 12.5 Å². The zero-order valence-electron chi connectivity index (χ0n) is 17.2. The zero-order chi connectivity index (χ0) is 21.5. The molecule has 0 amide bonds. The standard InChI is InChI=1S/C22H28F2N4O2/c1-2-15-13-26-22(27-14-15)28-7-5-16(6-8-28)4-3-9-30-17-10-18(23)21(19(24)11-17)20(29)12-25/h10-11,13-14,16H,2-9,12,25H2,1H3. The molecule has 1 aliphatic rings. The van der Waals surface area contributed by atoms with E-state index in [1.54, 1.807) is 0 Å². The van der Waals surface area contributed by atoms with Gasteiger partial charge in [0.05, 0.1) is 18.7 Å². The van der Waals surface area contributed by atoms with Crippen LogP contribution in [0.2, 0.25) is 0 Å². The Kier molecular flexibility index (Phi) is 7.68. The molecule has 3 rings (SSSR count). The molecule has 1 aromatic carbocycles. The molecule has 8 heteroatoms. The number of Topliss-reactive ketones (excluding diaryl/α,β-unsaturated/α-hetero) is 1. The van der Waals surface area contributed by atoms with E-state index >= 15 is 0 Å². The third-order valence-corrected chi connectivity index (χ3v) is 5.50. The second-order valence-electron chi connectivity index (χ2n) is 7.56. The van der Waals surface area contributed by atoms with E-state index in [1.807, 2.05) is 12.4 Å². The van der Waals surface area contributed by atoms with Gasteiger partial charge < -0.3 is 15.4 Å². The number of hydrogen-bond donors (Lipinski definition) is 1. The second kappa shape index (κ2) is 10.4. The number of benzene rings is 1. The fraction of sp³-hybridized carbons (Fsp3) is 0.500. The van der Waals surface area contributed by atoms with Gasteiger partial charge in [-0.05, 0) is 43.6 Å².